The van der Waals surface area contributed by atoms with E-state index >= 15 is 0 Å². The predicted molar refractivity (Wildman–Crippen MR) is 89.4 cm³/mol. The first kappa shape index (κ1) is 17.7. The minimum atomic E-state index is -0.813. The van der Waals surface area contributed by atoms with Gasteiger partial charge in [0.05, 0.1) is 18.0 Å². The Bertz CT molecular complexity index is 405. The standard InChI is InChI=1S/C16H30N2O3S/c1-12-6-4-5-7-15(12)21-10-8-17-16(19)18-9-11-22(20)14(3)13(18)2/h12-15H,4-11H2,1-3H3,(H,17,19)/t12-,13+,14+,15+,22-/m1/s1. The van der Waals surface area contributed by atoms with Gasteiger partial charge in [-0.2, -0.15) is 0 Å². The summed E-state index contributed by atoms with van der Waals surface area (Å²) in [7, 11) is -0.813. The zero-order valence-corrected chi connectivity index (χ0v) is 14.9. The van der Waals surface area contributed by atoms with Crippen molar-refractivity contribution in [1.82, 2.24) is 10.2 Å². The lowest BCUT2D eigenvalue weighted by Gasteiger charge is -2.37. The van der Waals surface area contributed by atoms with Crippen LogP contribution in [0, 0.1) is 5.92 Å². The van der Waals surface area contributed by atoms with Gasteiger partial charge in [-0.15, -0.1) is 0 Å². The fourth-order valence-electron chi connectivity index (χ4n) is 3.34. The Morgan fingerprint density at radius 1 is 1.27 bits per heavy atom. The van der Waals surface area contributed by atoms with Crippen molar-refractivity contribution in [3.8, 4) is 0 Å². The van der Waals surface area contributed by atoms with Crippen molar-refractivity contribution >= 4 is 16.8 Å². The zero-order valence-electron chi connectivity index (χ0n) is 14.0. The largest absolute Gasteiger partial charge is 0.376 e. The van der Waals surface area contributed by atoms with Gasteiger partial charge in [-0.1, -0.05) is 19.8 Å². The summed E-state index contributed by atoms with van der Waals surface area (Å²) in [6.07, 6.45) is 5.30. The van der Waals surface area contributed by atoms with Crippen LogP contribution in [0.3, 0.4) is 0 Å². The minimum Gasteiger partial charge on any atom is -0.376 e. The first-order valence-corrected chi connectivity index (χ1v) is 9.92. The molecule has 5 nitrogen and oxygen atoms in total. The Morgan fingerprint density at radius 3 is 2.73 bits per heavy atom. The Hall–Kier alpha value is -0.620. The molecule has 0 aromatic carbocycles. The van der Waals surface area contributed by atoms with Crippen LogP contribution in [-0.4, -0.2) is 58.0 Å². The normalized spacial score (nSPS) is 36.1. The molecule has 6 heteroatoms. The topological polar surface area (TPSA) is 58.6 Å². The van der Waals surface area contributed by atoms with E-state index in [1.165, 1.54) is 19.3 Å². The van der Waals surface area contributed by atoms with Crippen LogP contribution in [0.25, 0.3) is 0 Å². The van der Waals surface area contributed by atoms with Crippen molar-refractivity contribution in [3.63, 3.8) is 0 Å². The number of rotatable bonds is 4. The first-order chi connectivity index (χ1) is 10.5. The lowest BCUT2D eigenvalue weighted by molar-refractivity contribution is -0.00280. The second-order valence-corrected chi connectivity index (χ2v) is 8.54. The van der Waals surface area contributed by atoms with E-state index in [-0.39, 0.29) is 17.3 Å². The second kappa shape index (κ2) is 8.29. The molecule has 2 amide bonds. The number of amides is 2. The van der Waals surface area contributed by atoms with Gasteiger partial charge in [0.2, 0.25) is 0 Å². The highest BCUT2D eigenvalue weighted by atomic mass is 32.2. The van der Waals surface area contributed by atoms with Gasteiger partial charge in [0.15, 0.2) is 0 Å². The summed E-state index contributed by atoms with van der Waals surface area (Å²) in [6, 6.07) is -0.0368. The van der Waals surface area contributed by atoms with E-state index in [2.05, 4.69) is 12.2 Å². The highest BCUT2D eigenvalue weighted by Crippen LogP contribution is 2.26. The van der Waals surface area contributed by atoms with Crippen LogP contribution >= 0.6 is 0 Å². The van der Waals surface area contributed by atoms with Gasteiger partial charge in [0.25, 0.3) is 0 Å². The van der Waals surface area contributed by atoms with E-state index < -0.39 is 10.8 Å². The minimum absolute atomic E-state index is 0.0221. The third-order valence-corrected chi connectivity index (χ3v) is 6.93. The number of hydrogen-bond donors (Lipinski definition) is 1. The third-order valence-electron chi connectivity index (χ3n) is 5.12. The number of carbonyl (C=O) groups excluding carboxylic acids is 1. The molecule has 128 valence electrons. The van der Waals surface area contributed by atoms with Crippen LogP contribution in [0.15, 0.2) is 0 Å². The average molecular weight is 330 g/mol. The fourth-order valence-corrected chi connectivity index (χ4v) is 4.67. The van der Waals surface area contributed by atoms with Gasteiger partial charge in [-0.3, -0.25) is 4.21 Å². The molecule has 1 saturated heterocycles. The molecule has 2 aliphatic rings. The van der Waals surface area contributed by atoms with E-state index in [0.29, 0.717) is 37.5 Å². The van der Waals surface area contributed by atoms with E-state index in [4.69, 9.17) is 4.74 Å². The molecule has 22 heavy (non-hydrogen) atoms. The quantitative estimate of drug-likeness (QED) is 0.804. The molecule has 1 aliphatic heterocycles. The van der Waals surface area contributed by atoms with Crippen LogP contribution in [0.2, 0.25) is 0 Å². The van der Waals surface area contributed by atoms with Gasteiger partial charge in [-0.05, 0) is 32.6 Å². The Morgan fingerprint density at radius 2 is 2.00 bits per heavy atom. The lowest BCUT2D eigenvalue weighted by atomic mass is 9.88. The van der Waals surface area contributed by atoms with Gasteiger partial charge < -0.3 is 15.0 Å². The monoisotopic (exact) mass is 330 g/mol. The molecule has 2 fully saturated rings. The van der Waals surface area contributed by atoms with Gasteiger partial charge in [-0.25, -0.2) is 4.79 Å². The van der Waals surface area contributed by atoms with Crippen LogP contribution in [-0.2, 0) is 15.5 Å². The maximum Gasteiger partial charge on any atom is 0.317 e. The Balaban J connectivity index is 1.68. The number of ether oxygens (including phenoxy) is 1. The van der Waals surface area contributed by atoms with Crippen LogP contribution in [0.5, 0.6) is 0 Å². The molecule has 0 radical (unpaired) electrons. The Kier molecular flexibility index (Phi) is 6.68. The number of hydrogen-bond acceptors (Lipinski definition) is 3. The molecule has 1 saturated carbocycles. The molecular weight excluding hydrogens is 300 g/mol. The number of carbonyl (C=O) groups is 1. The summed E-state index contributed by atoms with van der Waals surface area (Å²) in [5.41, 5.74) is 0. The highest BCUT2D eigenvalue weighted by Gasteiger charge is 2.32. The van der Waals surface area contributed by atoms with Crippen molar-refractivity contribution in [2.75, 3.05) is 25.4 Å². The van der Waals surface area contributed by atoms with Crippen LogP contribution in [0.1, 0.15) is 46.5 Å². The Labute approximate surface area is 136 Å². The smallest absolute Gasteiger partial charge is 0.317 e. The van der Waals surface area contributed by atoms with Gasteiger partial charge in [0, 0.05) is 35.7 Å². The maximum absolute atomic E-state index is 12.2. The van der Waals surface area contributed by atoms with Crippen molar-refractivity contribution in [2.45, 2.75) is 63.9 Å². The molecule has 0 spiro atoms. The molecule has 0 bridgehead atoms. The van der Waals surface area contributed by atoms with Crippen LogP contribution in [0.4, 0.5) is 4.79 Å². The van der Waals surface area contributed by atoms with E-state index in [0.717, 1.165) is 6.42 Å². The number of nitrogens with one attached hydrogen (secondary N) is 1. The van der Waals surface area contributed by atoms with E-state index in [9.17, 15) is 9.00 Å². The third kappa shape index (κ3) is 4.44. The molecule has 5 atom stereocenters. The summed E-state index contributed by atoms with van der Waals surface area (Å²) in [5.74, 6) is 1.21. The molecule has 0 aromatic rings. The molecular formula is C16H30N2O3S. The molecule has 0 unspecified atom stereocenters. The van der Waals surface area contributed by atoms with E-state index in [1.54, 1.807) is 4.90 Å². The SMILES string of the molecule is C[C@@H]1CCCC[C@@H]1OCCNC(=O)N1CC[S@@](=O)[C@@H](C)[C@@H]1C. The fraction of sp³-hybridized carbons (Fsp3) is 0.938. The van der Waals surface area contributed by atoms with E-state index in [1.807, 2.05) is 13.8 Å². The second-order valence-electron chi connectivity index (χ2n) is 6.63. The molecule has 1 heterocycles. The summed E-state index contributed by atoms with van der Waals surface area (Å²) < 4.78 is 17.7. The predicted octanol–water partition coefficient (Wildman–Crippen LogP) is 2.13. The average Bonchev–Trinajstić information content (AvgIpc) is 2.50. The first-order valence-electron chi connectivity index (χ1n) is 8.54. The van der Waals surface area contributed by atoms with Crippen molar-refractivity contribution in [3.05, 3.63) is 0 Å². The van der Waals surface area contributed by atoms with Gasteiger partial charge >= 0.3 is 6.03 Å². The lowest BCUT2D eigenvalue weighted by Crippen LogP contribution is -2.55. The zero-order chi connectivity index (χ0) is 16.1. The summed E-state index contributed by atoms with van der Waals surface area (Å²) in [6.45, 7) is 7.87. The van der Waals surface area contributed by atoms with Crippen molar-refractivity contribution < 1.29 is 13.7 Å². The highest BCUT2D eigenvalue weighted by molar-refractivity contribution is 7.85. The summed E-state index contributed by atoms with van der Waals surface area (Å²) >= 11 is 0. The summed E-state index contributed by atoms with van der Waals surface area (Å²) in [5, 5.41) is 2.98. The molecule has 0 aromatic heterocycles. The molecule has 1 N–H and O–H groups in total. The van der Waals surface area contributed by atoms with Gasteiger partial charge in [0.1, 0.15) is 0 Å². The van der Waals surface area contributed by atoms with Crippen molar-refractivity contribution in [2.24, 2.45) is 5.92 Å². The molecule has 1 aliphatic carbocycles. The van der Waals surface area contributed by atoms with Crippen molar-refractivity contribution in [1.29, 1.82) is 0 Å². The summed E-state index contributed by atoms with van der Waals surface area (Å²) in [4.78, 5) is 14.0. The maximum atomic E-state index is 12.2. The number of nitrogens with zero attached hydrogens (tertiary/aromatic N) is 1. The van der Waals surface area contributed by atoms with Crippen LogP contribution < -0.4 is 5.32 Å². The number of urea groups is 1. The molecule has 2 rings (SSSR count).